The number of imide groups is 1. The lowest BCUT2D eigenvalue weighted by atomic mass is 9.89. The maximum absolute atomic E-state index is 14.2. The smallest absolute Gasteiger partial charge is 0.332 e. The largest absolute Gasteiger partial charge is 0.497 e. The molecule has 3 heterocycles. The van der Waals surface area contributed by atoms with Crippen molar-refractivity contribution < 1.29 is 33.8 Å². The van der Waals surface area contributed by atoms with Gasteiger partial charge in [-0.1, -0.05) is 42.5 Å². The second-order valence-corrected chi connectivity index (χ2v) is 10.4. The summed E-state index contributed by atoms with van der Waals surface area (Å²) in [5.74, 6) is -3.13. The average Bonchev–Trinajstić information content (AvgIpc) is 3.49. The van der Waals surface area contributed by atoms with Gasteiger partial charge >= 0.3 is 12.0 Å². The number of H-pyrrole nitrogens is 1. The first-order valence-corrected chi connectivity index (χ1v) is 13.5. The highest BCUT2D eigenvalue weighted by atomic mass is 16.5. The number of anilines is 1. The van der Waals surface area contributed by atoms with Gasteiger partial charge in [0.05, 0.1) is 24.8 Å². The minimum Gasteiger partial charge on any atom is -0.497 e. The van der Waals surface area contributed by atoms with Crippen LogP contribution in [0.5, 0.6) is 5.75 Å². The van der Waals surface area contributed by atoms with Crippen LogP contribution in [0.15, 0.2) is 72.8 Å². The molecule has 0 radical (unpaired) electrons. The molecule has 218 valence electrons. The number of carboxylic acids is 1. The number of rotatable bonds is 8. The van der Waals surface area contributed by atoms with Gasteiger partial charge < -0.3 is 25.9 Å². The number of nitrogens with one attached hydrogen (secondary N) is 2. The van der Waals surface area contributed by atoms with Crippen LogP contribution >= 0.6 is 0 Å². The second-order valence-electron chi connectivity index (χ2n) is 10.4. The number of amides is 5. The Morgan fingerprint density at radius 2 is 1.74 bits per heavy atom. The first kappa shape index (κ1) is 27.5. The Kier molecular flexibility index (Phi) is 6.81. The molecule has 2 aliphatic heterocycles. The fraction of sp³-hybridized carbons (Fsp3) is 0.194. The molecule has 0 saturated carbocycles. The number of fused-ring (bicyclic) bond motifs is 4. The van der Waals surface area contributed by atoms with Gasteiger partial charge in [0.1, 0.15) is 23.9 Å². The summed E-state index contributed by atoms with van der Waals surface area (Å²) in [7, 11) is 1.56. The molecule has 1 fully saturated rings. The molecule has 3 aromatic carbocycles. The summed E-state index contributed by atoms with van der Waals surface area (Å²) in [5, 5.41) is 12.7. The van der Waals surface area contributed by atoms with Crippen molar-refractivity contribution in [1.82, 2.24) is 15.2 Å². The topological polar surface area (TPSA) is 175 Å². The lowest BCUT2D eigenvalue weighted by Gasteiger charge is -2.36. The van der Waals surface area contributed by atoms with Crippen LogP contribution in [-0.4, -0.2) is 63.9 Å². The highest BCUT2D eigenvalue weighted by Gasteiger charge is 2.53. The van der Waals surface area contributed by atoms with E-state index >= 15 is 0 Å². The van der Waals surface area contributed by atoms with Crippen LogP contribution in [0.4, 0.5) is 10.5 Å². The SMILES string of the molecule is COc1ccc(C2c3[nH]c4ccccc4c3C[C@H]3C(=O)N(c4ccccc4C(=O)N[C@@H](CC(N)=O)C(=O)O)C(=O)N23)cc1. The summed E-state index contributed by atoms with van der Waals surface area (Å²) in [4.78, 5) is 70.6. The molecular weight excluding hydrogens is 554 g/mol. The van der Waals surface area contributed by atoms with E-state index < -0.39 is 54.3 Å². The number of para-hydroxylation sites is 2. The van der Waals surface area contributed by atoms with Crippen molar-refractivity contribution in [1.29, 1.82) is 0 Å². The van der Waals surface area contributed by atoms with Crippen molar-refractivity contribution in [2.75, 3.05) is 12.0 Å². The first-order valence-electron chi connectivity index (χ1n) is 13.5. The third-order valence-corrected chi connectivity index (χ3v) is 7.88. The van der Waals surface area contributed by atoms with Crippen molar-refractivity contribution in [2.45, 2.75) is 31.0 Å². The zero-order valence-corrected chi connectivity index (χ0v) is 22.9. The molecule has 5 amide bonds. The molecule has 5 N–H and O–H groups in total. The van der Waals surface area contributed by atoms with E-state index in [9.17, 15) is 29.1 Å². The molecular formula is C31H27N5O7. The summed E-state index contributed by atoms with van der Waals surface area (Å²) >= 11 is 0. The molecule has 43 heavy (non-hydrogen) atoms. The molecule has 0 aliphatic carbocycles. The number of aromatic nitrogens is 1. The third kappa shape index (κ3) is 4.62. The molecule has 1 unspecified atom stereocenters. The molecule has 3 atom stereocenters. The van der Waals surface area contributed by atoms with Gasteiger partial charge in [0.2, 0.25) is 5.91 Å². The van der Waals surface area contributed by atoms with Gasteiger partial charge in [-0.25, -0.2) is 14.5 Å². The molecule has 0 bridgehead atoms. The van der Waals surface area contributed by atoms with Gasteiger partial charge in [0.15, 0.2) is 0 Å². The van der Waals surface area contributed by atoms with Gasteiger partial charge in [-0.2, -0.15) is 0 Å². The zero-order valence-electron chi connectivity index (χ0n) is 22.9. The number of nitrogens with two attached hydrogens (primary N) is 1. The number of aliphatic carboxylic acids is 1. The van der Waals surface area contributed by atoms with Crippen molar-refractivity contribution >= 4 is 46.3 Å². The number of carbonyl (C=O) groups excluding carboxylic acids is 4. The number of ether oxygens (including phenoxy) is 1. The van der Waals surface area contributed by atoms with Crippen LogP contribution in [0.3, 0.4) is 0 Å². The fourth-order valence-corrected chi connectivity index (χ4v) is 5.93. The maximum atomic E-state index is 14.2. The molecule has 2 aliphatic rings. The third-order valence-electron chi connectivity index (χ3n) is 7.88. The Bertz CT molecular complexity index is 1800. The van der Waals surface area contributed by atoms with Crippen LogP contribution in [-0.2, 0) is 20.8 Å². The number of primary amides is 1. The molecule has 0 spiro atoms. The zero-order chi connectivity index (χ0) is 30.4. The summed E-state index contributed by atoms with van der Waals surface area (Å²) in [6, 6.07) is 17.2. The number of carbonyl (C=O) groups is 5. The number of carboxylic acid groups (broad SMARTS) is 1. The van der Waals surface area contributed by atoms with E-state index in [1.807, 2.05) is 36.4 Å². The molecule has 12 heteroatoms. The van der Waals surface area contributed by atoms with E-state index in [0.717, 1.165) is 32.6 Å². The van der Waals surface area contributed by atoms with Crippen LogP contribution in [0.1, 0.15) is 39.6 Å². The van der Waals surface area contributed by atoms with E-state index in [2.05, 4.69) is 10.3 Å². The van der Waals surface area contributed by atoms with Crippen LogP contribution in [0, 0.1) is 0 Å². The van der Waals surface area contributed by atoms with E-state index in [4.69, 9.17) is 10.5 Å². The van der Waals surface area contributed by atoms with Gasteiger partial charge in [-0.15, -0.1) is 0 Å². The molecule has 12 nitrogen and oxygen atoms in total. The van der Waals surface area contributed by atoms with Gasteiger partial charge in [0.25, 0.3) is 11.8 Å². The minimum atomic E-state index is -1.59. The summed E-state index contributed by atoms with van der Waals surface area (Å²) in [6.45, 7) is 0. The van der Waals surface area contributed by atoms with Crippen molar-refractivity contribution in [3.63, 3.8) is 0 Å². The predicted octanol–water partition coefficient (Wildman–Crippen LogP) is 2.72. The van der Waals surface area contributed by atoms with Crippen LogP contribution in [0.2, 0.25) is 0 Å². The van der Waals surface area contributed by atoms with E-state index in [1.165, 1.54) is 23.1 Å². The average molecular weight is 582 g/mol. The van der Waals surface area contributed by atoms with E-state index in [-0.39, 0.29) is 17.7 Å². The number of aromatic amines is 1. The van der Waals surface area contributed by atoms with Crippen LogP contribution < -0.4 is 20.7 Å². The quantitative estimate of drug-likeness (QED) is 0.231. The fourth-order valence-electron chi connectivity index (χ4n) is 5.93. The molecule has 1 aromatic heterocycles. The standard InChI is InChI=1S/C31H27N5O7/c1-43-17-12-10-16(11-13-17)27-26-20(18-6-2-4-8-21(18)33-26)14-24-29(39)36(31(42)35(24)27)23-9-5-3-7-19(23)28(38)34-22(30(40)41)15-25(32)37/h2-13,22,24,27,33H,14-15H2,1H3,(H2,32,37)(H,34,38)(H,40,41)/t22-,24-,27?/m0/s1. The molecule has 1 saturated heterocycles. The highest BCUT2D eigenvalue weighted by molar-refractivity contribution is 6.24. The maximum Gasteiger partial charge on any atom is 0.332 e. The van der Waals surface area contributed by atoms with E-state index in [0.29, 0.717) is 5.75 Å². The number of nitrogens with zero attached hydrogens (tertiary/aromatic N) is 2. The number of hydrogen-bond acceptors (Lipinski definition) is 6. The second kappa shape index (κ2) is 10.6. The lowest BCUT2D eigenvalue weighted by molar-refractivity contribution is -0.141. The van der Waals surface area contributed by atoms with Crippen molar-refractivity contribution in [3.8, 4) is 5.75 Å². The summed E-state index contributed by atoms with van der Waals surface area (Å²) in [6.07, 6.45) is -0.378. The Hall–Kier alpha value is -5.65. The van der Waals surface area contributed by atoms with E-state index in [1.54, 1.807) is 25.3 Å². The van der Waals surface area contributed by atoms with Gasteiger partial charge in [-0.3, -0.25) is 19.3 Å². The summed E-state index contributed by atoms with van der Waals surface area (Å²) < 4.78 is 5.32. The Labute approximate surface area is 245 Å². The number of urea groups is 1. The van der Waals surface area contributed by atoms with Crippen molar-refractivity contribution in [2.24, 2.45) is 5.73 Å². The summed E-state index contributed by atoms with van der Waals surface area (Å²) in [5.41, 5.74) is 8.38. The minimum absolute atomic E-state index is 0.00499. The Morgan fingerprint density at radius 1 is 1.05 bits per heavy atom. The van der Waals surface area contributed by atoms with Crippen LogP contribution in [0.25, 0.3) is 10.9 Å². The lowest BCUT2D eigenvalue weighted by Crippen LogP contribution is -2.44. The Morgan fingerprint density at radius 3 is 2.44 bits per heavy atom. The number of methoxy groups -OCH3 is 1. The normalized spacial score (nSPS) is 18.3. The van der Waals surface area contributed by atoms with Gasteiger partial charge in [0, 0.05) is 23.0 Å². The Balaban J connectivity index is 1.42. The number of benzene rings is 3. The monoisotopic (exact) mass is 581 g/mol. The predicted molar refractivity (Wildman–Crippen MR) is 154 cm³/mol. The first-order chi connectivity index (χ1) is 20.7. The number of hydrogen-bond donors (Lipinski definition) is 4. The van der Waals surface area contributed by atoms with Gasteiger partial charge in [-0.05, 0) is 41.5 Å². The highest BCUT2D eigenvalue weighted by Crippen LogP contribution is 2.45. The molecule has 6 rings (SSSR count). The van der Waals surface area contributed by atoms with Crippen molar-refractivity contribution in [3.05, 3.63) is 95.2 Å². The molecule has 4 aromatic rings.